The van der Waals surface area contributed by atoms with Gasteiger partial charge in [0.2, 0.25) is 15.9 Å². The molecule has 2 rings (SSSR count). The third-order valence-electron chi connectivity index (χ3n) is 2.80. The van der Waals surface area contributed by atoms with Gasteiger partial charge in [0.1, 0.15) is 0 Å². The zero-order chi connectivity index (χ0) is 15.3. The number of amides is 1. The van der Waals surface area contributed by atoms with Gasteiger partial charge in [-0.1, -0.05) is 12.1 Å². The van der Waals surface area contributed by atoms with Crippen molar-refractivity contribution >= 4 is 15.9 Å². The van der Waals surface area contributed by atoms with Gasteiger partial charge in [0.05, 0.1) is 11.1 Å². The molecule has 1 aromatic carbocycles. The number of aromatic amines is 1. The monoisotopic (exact) mass is 308 g/mol. The van der Waals surface area contributed by atoms with Gasteiger partial charge in [-0.25, -0.2) is 13.1 Å². The number of aromatic nitrogens is 2. The summed E-state index contributed by atoms with van der Waals surface area (Å²) in [5.74, 6) is -0.131. The van der Waals surface area contributed by atoms with Gasteiger partial charge in [0, 0.05) is 31.8 Å². The van der Waals surface area contributed by atoms with E-state index in [4.69, 9.17) is 0 Å². The van der Waals surface area contributed by atoms with Crippen molar-refractivity contribution in [2.24, 2.45) is 0 Å². The quantitative estimate of drug-likeness (QED) is 0.724. The summed E-state index contributed by atoms with van der Waals surface area (Å²) in [6, 6.07) is 6.36. The summed E-state index contributed by atoms with van der Waals surface area (Å²) in [6.07, 6.45) is 3.18. The van der Waals surface area contributed by atoms with Crippen LogP contribution in [0, 0.1) is 0 Å². The largest absolute Gasteiger partial charge is 0.352 e. The molecule has 112 valence electrons. The van der Waals surface area contributed by atoms with Crippen molar-refractivity contribution in [1.29, 1.82) is 0 Å². The summed E-state index contributed by atoms with van der Waals surface area (Å²) in [5.41, 5.74) is 1.58. The van der Waals surface area contributed by atoms with Gasteiger partial charge in [-0.3, -0.25) is 9.89 Å². The number of hydrogen-bond donors (Lipinski definition) is 3. The lowest BCUT2D eigenvalue weighted by Crippen LogP contribution is -2.23. The third kappa shape index (κ3) is 4.40. The second-order valence-corrected chi connectivity index (χ2v) is 6.25. The van der Waals surface area contributed by atoms with Crippen molar-refractivity contribution in [3.8, 4) is 0 Å². The van der Waals surface area contributed by atoms with Crippen LogP contribution < -0.4 is 10.0 Å². The minimum atomic E-state index is -3.56. The van der Waals surface area contributed by atoms with E-state index in [0.29, 0.717) is 6.54 Å². The molecule has 0 fully saturated rings. The van der Waals surface area contributed by atoms with Gasteiger partial charge in [-0.15, -0.1) is 0 Å². The number of sulfonamides is 1. The maximum Gasteiger partial charge on any atom is 0.240 e. The van der Waals surface area contributed by atoms with Gasteiger partial charge in [0.25, 0.3) is 0 Å². The molecular formula is C13H16N4O3S. The number of carbonyl (C=O) groups excluding carboxylic acids is 1. The molecule has 1 amide bonds. The van der Waals surface area contributed by atoms with E-state index in [2.05, 4.69) is 20.2 Å². The van der Waals surface area contributed by atoms with Crippen molar-refractivity contribution < 1.29 is 13.2 Å². The lowest BCUT2D eigenvalue weighted by Gasteiger charge is -2.07. The van der Waals surface area contributed by atoms with Crippen LogP contribution in [-0.2, 0) is 27.9 Å². The first-order valence-corrected chi connectivity index (χ1v) is 7.76. The minimum Gasteiger partial charge on any atom is -0.352 e. The second kappa shape index (κ2) is 6.51. The smallest absolute Gasteiger partial charge is 0.240 e. The van der Waals surface area contributed by atoms with E-state index in [1.165, 1.54) is 19.1 Å². The summed E-state index contributed by atoms with van der Waals surface area (Å²) in [5, 5.41) is 9.01. The number of benzene rings is 1. The first-order chi connectivity index (χ1) is 9.97. The Balaban J connectivity index is 2.01. The van der Waals surface area contributed by atoms with Gasteiger partial charge in [0.15, 0.2) is 0 Å². The maximum absolute atomic E-state index is 12.1. The number of nitrogens with one attached hydrogen (secondary N) is 3. The maximum atomic E-state index is 12.1. The number of hydrogen-bond acceptors (Lipinski definition) is 4. The highest BCUT2D eigenvalue weighted by Crippen LogP contribution is 2.11. The van der Waals surface area contributed by atoms with E-state index in [-0.39, 0.29) is 17.3 Å². The number of H-pyrrole nitrogens is 1. The third-order valence-corrected chi connectivity index (χ3v) is 4.21. The Hall–Kier alpha value is -2.19. The molecule has 0 aliphatic carbocycles. The van der Waals surface area contributed by atoms with Gasteiger partial charge in [-0.05, 0) is 17.7 Å². The number of rotatable bonds is 6. The molecule has 7 nitrogen and oxygen atoms in total. The summed E-state index contributed by atoms with van der Waals surface area (Å²) in [4.78, 5) is 11.0. The molecule has 0 aliphatic heterocycles. The van der Waals surface area contributed by atoms with Crippen LogP contribution >= 0.6 is 0 Å². The Labute approximate surface area is 122 Å². The second-order valence-electron chi connectivity index (χ2n) is 4.48. The van der Waals surface area contributed by atoms with Crippen LogP contribution in [0.25, 0.3) is 0 Å². The SMILES string of the molecule is CC(=O)NCc1ccc(S(=O)(=O)NCc2cn[nH]c2)cc1. The lowest BCUT2D eigenvalue weighted by atomic mass is 10.2. The van der Waals surface area contributed by atoms with Gasteiger partial charge >= 0.3 is 0 Å². The fourth-order valence-corrected chi connectivity index (χ4v) is 2.67. The van der Waals surface area contributed by atoms with Crippen LogP contribution in [0.3, 0.4) is 0 Å². The van der Waals surface area contributed by atoms with Crippen molar-refractivity contribution in [2.45, 2.75) is 24.9 Å². The molecule has 1 heterocycles. The fraction of sp³-hybridized carbons (Fsp3) is 0.231. The van der Waals surface area contributed by atoms with Crippen LogP contribution in [0.1, 0.15) is 18.1 Å². The Kier molecular flexibility index (Phi) is 4.71. The molecule has 0 unspecified atom stereocenters. The average Bonchev–Trinajstić information content (AvgIpc) is 2.97. The Morgan fingerprint density at radius 2 is 1.90 bits per heavy atom. The van der Waals surface area contributed by atoms with E-state index < -0.39 is 10.0 Å². The Morgan fingerprint density at radius 1 is 1.19 bits per heavy atom. The van der Waals surface area contributed by atoms with E-state index in [1.54, 1.807) is 24.5 Å². The summed E-state index contributed by atoms with van der Waals surface area (Å²) >= 11 is 0. The van der Waals surface area contributed by atoms with E-state index in [9.17, 15) is 13.2 Å². The Bertz CT molecular complexity index is 694. The van der Waals surface area contributed by atoms with Crippen molar-refractivity contribution in [2.75, 3.05) is 0 Å². The topological polar surface area (TPSA) is 104 Å². The molecule has 0 aliphatic rings. The van der Waals surface area contributed by atoms with Crippen LogP contribution in [0.4, 0.5) is 0 Å². The predicted octanol–water partition coefficient (Wildman–Crippen LogP) is 0.524. The predicted molar refractivity (Wildman–Crippen MR) is 76.6 cm³/mol. The van der Waals surface area contributed by atoms with Gasteiger partial charge in [-0.2, -0.15) is 5.10 Å². The van der Waals surface area contributed by atoms with Crippen molar-refractivity contribution in [1.82, 2.24) is 20.2 Å². The van der Waals surface area contributed by atoms with Crippen LogP contribution in [0.15, 0.2) is 41.6 Å². The standard InChI is InChI=1S/C13H16N4O3S/c1-10(18)14-6-11-2-4-13(5-3-11)21(19,20)17-9-12-7-15-16-8-12/h2-5,7-8,17H,6,9H2,1H3,(H,14,18)(H,15,16). The summed E-state index contributed by atoms with van der Waals surface area (Å²) in [7, 11) is -3.56. The number of carbonyl (C=O) groups is 1. The molecule has 21 heavy (non-hydrogen) atoms. The molecule has 8 heteroatoms. The van der Waals surface area contributed by atoms with Gasteiger partial charge < -0.3 is 5.32 Å². The lowest BCUT2D eigenvalue weighted by molar-refractivity contribution is -0.119. The first-order valence-electron chi connectivity index (χ1n) is 6.28. The normalized spacial score (nSPS) is 11.3. The van der Waals surface area contributed by atoms with Crippen LogP contribution in [0.2, 0.25) is 0 Å². The van der Waals surface area contributed by atoms with E-state index in [1.807, 2.05) is 0 Å². The molecule has 0 radical (unpaired) electrons. The van der Waals surface area contributed by atoms with E-state index >= 15 is 0 Å². The molecule has 3 N–H and O–H groups in total. The fourth-order valence-electron chi connectivity index (χ4n) is 1.65. The highest BCUT2D eigenvalue weighted by Gasteiger charge is 2.13. The molecule has 0 saturated carbocycles. The summed E-state index contributed by atoms with van der Waals surface area (Å²) < 4.78 is 26.7. The molecule has 1 aromatic heterocycles. The number of nitrogens with zero attached hydrogens (tertiary/aromatic N) is 1. The first kappa shape index (κ1) is 15.2. The zero-order valence-corrected chi connectivity index (χ0v) is 12.3. The van der Waals surface area contributed by atoms with Crippen LogP contribution in [0.5, 0.6) is 0 Å². The molecule has 0 saturated heterocycles. The van der Waals surface area contributed by atoms with E-state index in [0.717, 1.165) is 11.1 Å². The summed E-state index contributed by atoms with van der Waals surface area (Å²) in [6.45, 7) is 1.98. The Morgan fingerprint density at radius 3 is 2.48 bits per heavy atom. The van der Waals surface area contributed by atoms with Crippen molar-refractivity contribution in [3.05, 3.63) is 47.8 Å². The van der Waals surface area contributed by atoms with Crippen LogP contribution in [-0.4, -0.2) is 24.5 Å². The molecule has 0 atom stereocenters. The molecular weight excluding hydrogens is 292 g/mol. The van der Waals surface area contributed by atoms with Crippen molar-refractivity contribution in [3.63, 3.8) is 0 Å². The zero-order valence-electron chi connectivity index (χ0n) is 11.5. The molecule has 0 spiro atoms. The average molecular weight is 308 g/mol. The highest BCUT2D eigenvalue weighted by molar-refractivity contribution is 7.89. The minimum absolute atomic E-state index is 0.131. The molecule has 2 aromatic rings. The highest BCUT2D eigenvalue weighted by atomic mass is 32.2. The molecule has 0 bridgehead atoms.